The Kier molecular flexibility index (Phi) is 5.65. The molecule has 1 fully saturated rings. The van der Waals surface area contributed by atoms with Crippen molar-refractivity contribution in [3.63, 3.8) is 0 Å². The second kappa shape index (κ2) is 7.27. The van der Waals surface area contributed by atoms with E-state index in [9.17, 15) is 8.42 Å². The Hall–Kier alpha value is -1.07. The van der Waals surface area contributed by atoms with Crippen LogP contribution in [-0.4, -0.2) is 40.3 Å². The third kappa shape index (κ3) is 3.98. The first-order chi connectivity index (χ1) is 10.1. The number of anilines is 1. The van der Waals surface area contributed by atoms with Gasteiger partial charge in [-0.1, -0.05) is 6.92 Å². The van der Waals surface area contributed by atoms with Crippen molar-refractivity contribution in [2.75, 3.05) is 30.8 Å². The lowest BCUT2D eigenvalue weighted by molar-refractivity contribution is 0.433. The van der Waals surface area contributed by atoms with Crippen LogP contribution in [0.5, 0.6) is 0 Å². The molecule has 1 aliphatic heterocycles. The van der Waals surface area contributed by atoms with Crippen molar-refractivity contribution < 1.29 is 8.42 Å². The molecule has 1 unspecified atom stereocenters. The third-order valence-corrected chi connectivity index (χ3v) is 6.01. The molecule has 0 bridgehead atoms. The van der Waals surface area contributed by atoms with Crippen LogP contribution in [0.1, 0.15) is 32.6 Å². The summed E-state index contributed by atoms with van der Waals surface area (Å²) in [5.41, 5.74) is 1.14. The second-order valence-electron chi connectivity index (χ2n) is 5.63. The Labute approximate surface area is 128 Å². The zero-order valence-corrected chi connectivity index (χ0v) is 13.8. The predicted molar refractivity (Wildman–Crippen MR) is 87.7 cm³/mol. The van der Waals surface area contributed by atoms with Gasteiger partial charge >= 0.3 is 0 Å². The topological polar surface area (TPSA) is 49.4 Å². The van der Waals surface area contributed by atoms with E-state index in [1.807, 2.05) is 19.2 Å². The first kappa shape index (κ1) is 16.3. The van der Waals surface area contributed by atoms with Crippen molar-refractivity contribution >= 4 is 15.5 Å². The van der Waals surface area contributed by atoms with Crippen LogP contribution in [0.2, 0.25) is 0 Å². The standard InChI is InChI=1S/C16H26N2O2S/c1-3-21(19,20)16-9-7-15(8-10-16)18-13-5-4-6-14(18)11-12-17-2/h7-10,14,17H,3-6,11-13H2,1-2H3. The molecule has 1 heterocycles. The number of nitrogens with zero attached hydrogens (tertiary/aromatic N) is 1. The van der Waals surface area contributed by atoms with Gasteiger partial charge in [-0.3, -0.25) is 0 Å². The maximum atomic E-state index is 11.9. The van der Waals surface area contributed by atoms with E-state index in [0.29, 0.717) is 10.9 Å². The number of nitrogens with one attached hydrogen (secondary N) is 1. The van der Waals surface area contributed by atoms with Crippen LogP contribution in [0.25, 0.3) is 0 Å². The largest absolute Gasteiger partial charge is 0.369 e. The number of sulfone groups is 1. The van der Waals surface area contributed by atoms with Crippen molar-refractivity contribution in [1.82, 2.24) is 5.32 Å². The van der Waals surface area contributed by atoms with Crippen LogP contribution in [0, 0.1) is 0 Å². The fourth-order valence-corrected chi connectivity index (χ4v) is 3.85. The lowest BCUT2D eigenvalue weighted by Gasteiger charge is -2.37. The summed E-state index contributed by atoms with van der Waals surface area (Å²) in [6, 6.07) is 7.97. The van der Waals surface area contributed by atoms with Gasteiger partial charge in [0.25, 0.3) is 0 Å². The molecule has 21 heavy (non-hydrogen) atoms. The summed E-state index contributed by atoms with van der Waals surface area (Å²) in [4.78, 5) is 2.86. The smallest absolute Gasteiger partial charge is 0.178 e. The van der Waals surface area contributed by atoms with E-state index in [4.69, 9.17) is 0 Å². The van der Waals surface area contributed by atoms with E-state index in [-0.39, 0.29) is 5.75 Å². The van der Waals surface area contributed by atoms with Gasteiger partial charge in [-0.05, 0) is 63.5 Å². The van der Waals surface area contributed by atoms with Gasteiger partial charge in [0.2, 0.25) is 0 Å². The Morgan fingerprint density at radius 2 is 1.95 bits per heavy atom. The number of rotatable bonds is 6. The number of piperidine rings is 1. The quantitative estimate of drug-likeness (QED) is 0.877. The molecule has 0 aliphatic carbocycles. The SMILES string of the molecule is CCS(=O)(=O)c1ccc(N2CCCCC2CCNC)cc1. The van der Waals surface area contributed by atoms with Crippen LogP contribution in [0.4, 0.5) is 5.69 Å². The average molecular weight is 310 g/mol. The molecule has 5 heteroatoms. The van der Waals surface area contributed by atoms with E-state index < -0.39 is 9.84 Å². The molecule has 0 aromatic heterocycles. The molecular formula is C16H26N2O2S. The van der Waals surface area contributed by atoms with E-state index in [1.54, 1.807) is 19.1 Å². The molecule has 0 radical (unpaired) electrons. The fourth-order valence-electron chi connectivity index (χ4n) is 2.96. The Morgan fingerprint density at radius 1 is 1.24 bits per heavy atom. The van der Waals surface area contributed by atoms with Gasteiger partial charge in [-0.25, -0.2) is 8.42 Å². The molecule has 0 amide bonds. The zero-order chi connectivity index (χ0) is 15.3. The Bertz CT molecular complexity index is 540. The van der Waals surface area contributed by atoms with Crippen LogP contribution >= 0.6 is 0 Å². The summed E-state index contributed by atoms with van der Waals surface area (Å²) in [6.45, 7) is 3.76. The molecule has 1 aromatic rings. The summed E-state index contributed by atoms with van der Waals surface area (Å²) < 4.78 is 23.7. The molecule has 0 spiro atoms. The summed E-state index contributed by atoms with van der Waals surface area (Å²) in [6.07, 6.45) is 4.85. The second-order valence-corrected chi connectivity index (χ2v) is 7.91. The van der Waals surface area contributed by atoms with Crippen molar-refractivity contribution in [2.45, 2.75) is 43.5 Å². The molecule has 4 nitrogen and oxygen atoms in total. The van der Waals surface area contributed by atoms with Gasteiger partial charge in [-0.2, -0.15) is 0 Å². The highest BCUT2D eigenvalue weighted by molar-refractivity contribution is 7.91. The van der Waals surface area contributed by atoms with Gasteiger partial charge in [0.05, 0.1) is 10.6 Å². The lowest BCUT2D eigenvalue weighted by atomic mass is 9.98. The first-order valence-electron chi connectivity index (χ1n) is 7.82. The summed E-state index contributed by atoms with van der Waals surface area (Å²) >= 11 is 0. The van der Waals surface area contributed by atoms with Crippen molar-refractivity contribution in [1.29, 1.82) is 0 Å². The van der Waals surface area contributed by atoms with E-state index >= 15 is 0 Å². The molecule has 1 N–H and O–H groups in total. The highest BCUT2D eigenvalue weighted by Gasteiger charge is 2.22. The Morgan fingerprint density at radius 3 is 2.57 bits per heavy atom. The monoisotopic (exact) mass is 310 g/mol. The van der Waals surface area contributed by atoms with E-state index in [2.05, 4.69) is 10.2 Å². The predicted octanol–water partition coefficient (Wildman–Crippen LogP) is 2.45. The maximum Gasteiger partial charge on any atom is 0.178 e. The van der Waals surface area contributed by atoms with Crippen LogP contribution < -0.4 is 10.2 Å². The van der Waals surface area contributed by atoms with Gasteiger partial charge in [0.1, 0.15) is 0 Å². The van der Waals surface area contributed by atoms with Crippen molar-refractivity contribution in [2.24, 2.45) is 0 Å². The molecule has 118 valence electrons. The van der Waals surface area contributed by atoms with Gasteiger partial charge in [-0.15, -0.1) is 0 Å². The molecule has 1 aliphatic rings. The maximum absolute atomic E-state index is 11.9. The van der Waals surface area contributed by atoms with Crippen LogP contribution in [0.15, 0.2) is 29.2 Å². The molecule has 2 rings (SSSR count). The molecule has 1 aromatic carbocycles. The molecule has 0 saturated carbocycles. The average Bonchev–Trinajstić information content (AvgIpc) is 2.53. The summed E-state index contributed by atoms with van der Waals surface area (Å²) in [5, 5.41) is 3.22. The van der Waals surface area contributed by atoms with Gasteiger partial charge < -0.3 is 10.2 Å². The Balaban J connectivity index is 2.16. The van der Waals surface area contributed by atoms with Crippen LogP contribution in [-0.2, 0) is 9.84 Å². The summed E-state index contributed by atoms with van der Waals surface area (Å²) in [5.74, 6) is 0.154. The van der Waals surface area contributed by atoms with Crippen molar-refractivity contribution in [3.8, 4) is 0 Å². The van der Waals surface area contributed by atoms with Gasteiger partial charge in [0.15, 0.2) is 9.84 Å². The van der Waals surface area contributed by atoms with Crippen molar-refractivity contribution in [3.05, 3.63) is 24.3 Å². The number of benzene rings is 1. The zero-order valence-electron chi connectivity index (χ0n) is 13.0. The first-order valence-corrected chi connectivity index (χ1v) is 9.47. The number of hydrogen-bond donors (Lipinski definition) is 1. The van der Waals surface area contributed by atoms with E-state index in [1.165, 1.54) is 19.3 Å². The van der Waals surface area contributed by atoms with E-state index in [0.717, 1.165) is 25.2 Å². The minimum atomic E-state index is -3.10. The highest BCUT2D eigenvalue weighted by atomic mass is 32.2. The third-order valence-electron chi connectivity index (χ3n) is 4.26. The van der Waals surface area contributed by atoms with Gasteiger partial charge in [0, 0.05) is 18.3 Å². The molecular weight excluding hydrogens is 284 g/mol. The number of hydrogen-bond acceptors (Lipinski definition) is 4. The molecule has 1 saturated heterocycles. The summed E-state index contributed by atoms with van der Waals surface area (Å²) in [7, 11) is -1.12. The fraction of sp³-hybridized carbons (Fsp3) is 0.625. The van der Waals surface area contributed by atoms with Crippen LogP contribution in [0.3, 0.4) is 0 Å². The minimum absolute atomic E-state index is 0.154. The lowest BCUT2D eigenvalue weighted by Crippen LogP contribution is -2.41. The highest BCUT2D eigenvalue weighted by Crippen LogP contribution is 2.27. The molecule has 1 atom stereocenters. The minimum Gasteiger partial charge on any atom is -0.369 e. The normalized spacial score (nSPS) is 19.7.